The number of furan rings is 1. The van der Waals surface area contributed by atoms with Crippen LogP contribution < -0.4 is 0 Å². The molecule has 4 aromatic heterocycles. The van der Waals surface area contributed by atoms with E-state index in [1.165, 1.54) is 11.1 Å². The number of hydrogen-bond donors (Lipinski definition) is 0. The van der Waals surface area contributed by atoms with Crippen molar-refractivity contribution in [1.29, 1.82) is 0 Å². The zero-order valence-electron chi connectivity index (χ0n) is 35.7. The number of aryl methyl sites for hydroxylation is 1. The Labute approximate surface area is 330 Å². The monoisotopic (exact) mass is 735 g/mol. The summed E-state index contributed by atoms with van der Waals surface area (Å²) >= 11 is 0. The van der Waals surface area contributed by atoms with Crippen molar-refractivity contribution in [3.63, 3.8) is 0 Å². The number of hydrogen-bond acceptors (Lipinski definition) is 5. The van der Waals surface area contributed by atoms with Crippen molar-refractivity contribution < 1.29 is 12.9 Å². The van der Waals surface area contributed by atoms with E-state index in [1.54, 1.807) is 6.07 Å². The zero-order valence-corrected chi connectivity index (χ0v) is 32.7. The predicted octanol–water partition coefficient (Wildman–Crippen LogP) is 14.0. The summed E-state index contributed by atoms with van der Waals surface area (Å²) in [5.74, 6) is 1.58. The molecule has 0 N–H and O–H groups in total. The van der Waals surface area contributed by atoms with Gasteiger partial charge in [0.05, 0.1) is 22.3 Å². The molecule has 0 unspecified atom stereocenters. The van der Waals surface area contributed by atoms with Gasteiger partial charge < -0.3 is 8.83 Å². The summed E-state index contributed by atoms with van der Waals surface area (Å²) in [6.07, 6.45) is 0. The van der Waals surface area contributed by atoms with E-state index < -0.39 is 6.85 Å². The van der Waals surface area contributed by atoms with Crippen molar-refractivity contribution in [2.24, 2.45) is 0 Å². The fraction of sp³-hybridized carbons (Fsp3) is 0.220. The van der Waals surface area contributed by atoms with E-state index in [1.807, 2.05) is 30.3 Å². The van der Waals surface area contributed by atoms with Crippen LogP contribution in [0.25, 0.3) is 94.1 Å². The lowest BCUT2D eigenvalue weighted by atomic mass is 9.88. The van der Waals surface area contributed by atoms with Gasteiger partial charge in [-0.3, -0.25) is 4.57 Å². The number of rotatable bonds is 5. The standard InChI is InChI=1S/C50H44N4O2/c1-27(2)36-25-33(30-14-10-9-11-15-30)26-37(28(3)4)43(36)54-44-34-17-13-12-16-31(34)19-22-39(44)51-47(54)35-21-18-29(5)41-38-24-32-20-23-40-46(56-49(52-40)50(6,7)8)42(32)53-48(38)55-45(35)41/h9-28H,1-8H3/i5D3. The van der Waals surface area contributed by atoms with Gasteiger partial charge in [-0.1, -0.05) is 121 Å². The second-order valence-electron chi connectivity index (χ2n) is 16.7. The topological polar surface area (TPSA) is 69.9 Å². The summed E-state index contributed by atoms with van der Waals surface area (Å²) in [6.45, 7) is 12.7. The van der Waals surface area contributed by atoms with Crippen LogP contribution in [0.1, 0.15) is 87.0 Å². The first-order chi connectivity index (χ1) is 28.2. The molecule has 56 heavy (non-hydrogen) atoms. The van der Waals surface area contributed by atoms with Crippen molar-refractivity contribution in [3.05, 3.63) is 132 Å². The van der Waals surface area contributed by atoms with Crippen LogP contribution in [0.2, 0.25) is 0 Å². The minimum atomic E-state index is -2.43. The first-order valence-corrected chi connectivity index (χ1v) is 19.4. The number of pyridine rings is 1. The summed E-state index contributed by atoms with van der Waals surface area (Å²) in [5, 5.41) is 4.07. The van der Waals surface area contributed by atoms with Gasteiger partial charge in [-0.05, 0) is 88.3 Å². The van der Waals surface area contributed by atoms with Gasteiger partial charge in [0.1, 0.15) is 22.4 Å². The predicted molar refractivity (Wildman–Crippen MR) is 231 cm³/mol. The van der Waals surface area contributed by atoms with E-state index in [0.29, 0.717) is 56.0 Å². The summed E-state index contributed by atoms with van der Waals surface area (Å²) in [7, 11) is 0. The lowest BCUT2D eigenvalue weighted by Crippen LogP contribution is -2.10. The molecule has 0 amide bonds. The summed E-state index contributed by atoms with van der Waals surface area (Å²) in [5.41, 5.74) is 10.7. The van der Waals surface area contributed by atoms with Gasteiger partial charge in [0.25, 0.3) is 0 Å². The smallest absolute Gasteiger partial charge is 0.228 e. The molecule has 0 fully saturated rings. The molecular weight excluding hydrogens is 689 g/mol. The van der Waals surface area contributed by atoms with Crippen LogP contribution in [0.4, 0.5) is 0 Å². The van der Waals surface area contributed by atoms with Gasteiger partial charge in [-0.25, -0.2) is 15.0 Å². The van der Waals surface area contributed by atoms with Crippen LogP contribution in [0.3, 0.4) is 0 Å². The van der Waals surface area contributed by atoms with E-state index in [9.17, 15) is 0 Å². The molecule has 6 heteroatoms. The SMILES string of the molecule is [2H]C([2H])([2H])c1ccc(-c2nc3ccc4ccccc4c3n2-c2c(C(C)C)cc(-c3ccccc3)cc2C(C)C)c2oc3nc4c(ccc5nc(C(C)(C)C)oc54)cc3c12. The van der Waals surface area contributed by atoms with Crippen molar-refractivity contribution in [2.75, 3.05) is 0 Å². The highest BCUT2D eigenvalue weighted by Crippen LogP contribution is 2.45. The molecule has 0 aliphatic rings. The number of aromatic nitrogens is 4. The third-order valence-corrected chi connectivity index (χ3v) is 11.1. The summed E-state index contributed by atoms with van der Waals surface area (Å²) in [6, 6.07) is 37.2. The summed E-state index contributed by atoms with van der Waals surface area (Å²) in [4.78, 5) is 15.3. The van der Waals surface area contributed by atoms with E-state index >= 15 is 0 Å². The molecule has 0 aliphatic carbocycles. The Morgan fingerprint density at radius 3 is 2.09 bits per heavy atom. The molecule has 0 spiro atoms. The highest BCUT2D eigenvalue weighted by molar-refractivity contribution is 6.15. The van der Waals surface area contributed by atoms with Crippen LogP contribution in [0, 0.1) is 6.85 Å². The molecule has 0 radical (unpaired) electrons. The Hall–Kier alpha value is -6.27. The van der Waals surface area contributed by atoms with Gasteiger partial charge in [-0.2, -0.15) is 0 Å². The van der Waals surface area contributed by atoms with Crippen molar-refractivity contribution >= 4 is 65.9 Å². The zero-order chi connectivity index (χ0) is 41.1. The number of oxazole rings is 1. The molecule has 10 rings (SSSR count). The molecule has 0 atom stereocenters. The fourth-order valence-corrected chi connectivity index (χ4v) is 8.26. The minimum absolute atomic E-state index is 0.152. The molecule has 0 saturated carbocycles. The first-order valence-electron chi connectivity index (χ1n) is 20.9. The number of fused-ring (bicyclic) bond motifs is 9. The Balaban J connectivity index is 1.34. The van der Waals surface area contributed by atoms with Gasteiger partial charge in [0, 0.05) is 31.1 Å². The van der Waals surface area contributed by atoms with Crippen molar-refractivity contribution in [1.82, 2.24) is 19.5 Å². The molecule has 10 aromatic rings. The van der Waals surface area contributed by atoms with Crippen LogP contribution in [-0.4, -0.2) is 19.5 Å². The van der Waals surface area contributed by atoms with E-state index in [0.717, 1.165) is 44.0 Å². The highest BCUT2D eigenvalue weighted by atomic mass is 16.4. The number of imidazole rings is 1. The van der Waals surface area contributed by atoms with E-state index in [-0.39, 0.29) is 22.8 Å². The van der Waals surface area contributed by atoms with Crippen LogP contribution in [0.5, 0.6) is 0 Å². The average Bonchev–Trinajstić information content (AvgIpc) is 3.93. The quantitative estimate of drug-likeness (QED) is 0.176. The normalized spacial score (nSPS) is 13.6. The molecule has 0 bridgehead atoms. The average molecular weight is 736 g/mol. The Bertz CT molecular complexity index is 3280. The van der Waals surface area contributed by atoms with Crippen molar-refractivity contribution in [3.8, 4) is 28.2 Å². The molecule has 0 saturated heterocycles. The maximum atomic E-state index is 8.70. The van der Waals surface area contributed by atoms with Crippen LogP contribution in [-0.2, 0) is 5.41 Å². The van der Waals surface area contributed by atoms with Gasteiger partial charge in [0.2, 0.25) is 11.6 Å². The second-order valence-corrected chi connectivity index (χ2v) is 16.7. The molecule has 276 valence electrons. The number of nitrogens with zero attached hydrogens (tertiary/aromatic N) is 4. The van der Waals surface area contributed by atoms with Crippen LogP contribution in [0.15, 0.2) is 118 Å². The highest BCUT2D eigenvalue weighted by Gasteiger charge is 2.28. The number of benzene rings is 6. The van der Waals surface area contributed by atoms with Crippen molar-refractivity contribution in [2.45, 2.75) is 72.6 Å². The van der Waals surface area contributed by atoms with E-state index in [2.05, 4.69) is 126 Å². The Kier molecular flexibility index (Phi) is 6.85. The maximum Gasteiger partial charge on any atom is 0.228 e. The van der Waals surface area contributed by atoms with Gasteiger partial charge >= 0.3 is 0 Å². The molecular formula is C50H44N4O2. The first kappa shape index (κ1) is 31.0. The lowest BCUT2D eigenvalue weighted by molar-refractivity contribution is 0.411. The molecule has 0 aliphatic heterocycles. The molecule has 4 heterocycles. The van der Waals surface area contributed by atoms with Crippen LogP contribution >= 0.6 is 0 Å². The third-order valence-electron chi connectivity index (χ3n) is 11.1. The molecule has 6 aromatic carbocycles. The second kappa shape index (κ2) is 12.4. The summed E-state index contributed by atoms with van der Waals surface area (Å²) < 4.78 is 41.6. The Morgan fingerprint density at radius 2 is 1.36 bits per heavy atom. The minimum Gasteiger partial charge on any atom is -0.438 e. The van der Waals surface area contributed by atoms with Gasteiger partial charge in [0.15, 0.2) is 5.58 Å². The Morgan fingerprint density at radius 1 is 0.643 bits per heavy atom. The van der Waals surface area contributed by atoms with E-state index in [4.69, 9.17) is 27.9 Å². The lowest BCUT2D eigenvalue weighted by Gasteiger charge is -2.24. The molecule has 6 nitrogen and oxygen atoms in total. The maximum absolute atomic E-state index is 8.70. The third kappa shape index (κ3) is 5.19. The largest absolute Gasteiger partial charge is 0.438 e. The fourth-order valence-electron chi connectivity index (χ4n) is 8.26. The van der Waals surface area contributed by atoms with Gasteiger partial charge in [-0.15, -0.1) is 0 Å².